The summed E-state index contributed by atoms with van der Waals surface area (Å²) >= 11 is 0. The Kier molecular flexibility index (Phi) is 2.18. The summed E-state index contributed by atoms with van der Waals surface area (Å²) in [5.41, 5.74) is 0.0590. The molecule has 2 rings (SSSR count). The maximum atomic E-state index is 13.2. The van der Waals surface area contributed by atoms with E-state index in [9.17, 15) is 8.78 Å². The third-order valence-electron chi connectivity index (χ3n) is 1.78. The van der Waals surface area contributed by atoms with E-state index in [1.54, 1.807) is 0 Å². The van der Waals surface area contributed by atoms with Crippen molar-refractivity contribution < 1.29 is 8.78 Å². The van der Waals surface area contributed by atoms with Gasteiger partial charge in [-0.05, 0) is 12.1 Å². The minimum absolute atomic E-state index is 0.138. The first-order chi connectivity index (χ1) is 6.79. The first kappa shape index (κ1) is 8.74. The summed E-state index contributed by atoms with van der Waals surface area (Å²) in [6.07, 6.45) is 4.16. The Balaban J connectivity index is 2.63. The highest BCUT2D eigenvalue weighted by molar-refractivity contribution is 5.59. The molecule has 0 saturated carbocycles. The smallest absolute Gasteiger partial charge is 0.135 e. The van der Waals surface area contributed by atoms with Crippen molar-refractivity contribution in [2.24, 2.45) is 0 Å². The number of hydrogen-bond donors (Lipinski definition) is 0. The highest BCUT2D eigenvalue weighted by Gasteiger charge is 2.11. The minimum Gasteiger partial charge on any atom is -0.261 e. The predicted octanol–water partition coefficient (Wildman–Crippen LogP) is 2.42. The topological polar surface area (TPSA) is 25.8 Å². The molecular weight excluding hydrogens is 186 g/mol. The van der Waals surface area contributed by atoms with E-state index in [4.69, 9.17) is 0 Å². The van der Waals surface area contributed by atoms with E-state index < -0.39 is 11.6 Å². The normalized spacial score (nSPS) is 10.1. The van der Waals surface area contributed by atoms with Gasteiger partial charge in [-0.25, -0.2) is 8.78 Å². The average molecular weight is 192 g/mol. The Labute approximate surface area is 79.3 Å². The summed E-state index contributed by atoms with van der Waals surface area (Å²) < 4.78 is 26.5. The van der Waals surface area contributed by atoms with Gasteiger partial charge in [0.2, 0.25) is 0 Å². The molecule has 0 fully saturated rings. The molecule has 0 radical (unpaired) electrons. The second-order valence-electron chi connectivity index (χ2n) is 2.69. The molecule has 1 heterocycles. The molecule has 1 aromatic heterocycles. The Bertz CT molecular complexity index is 423. The van der Waals surface area contributed by atoms with Gasteiger partial charge in [-0.1, -0.05) is 6.07 Å². The molecule has 4 heteroatoms. The number of aromatic nitrogens is 2. The first-order valence-corrected chi connectivity index (χ1v) is 3.99. The minimum atomic E-state index is -0.634. The van der Waals surface area contributed by atoms with E-state index in [2.05, 4.69) is 9.97 Å². The van der Waals surface area contributed by atoms with Crippen molar-refractivity contribution in [2.45, 2.75) is 0 Å². The molecule has 0 bridgehead atoms. The van der Waals surface area contributed by atoms with Gasteiger partial charge in [-0.15, -0.1) is 0 Å². The summed E-state index contributed by atoms with van der Waals surface area (Å²) in [7, 11) is 0. The fourth-order valence-electron chi connectivity index (χ4n) is 1.17. The van der Waals surface area contributed by atoms with Crippen molar-refractivity contribution in [1.82, 2.24) is 9.97 Å². The summed E-state index contributed by atoms with van der Waals surface area (Å²) in [6.45, 7) is 0. The van der Waals surface area contributed by atoms with Gasteiger partial charge in [0.25, 0.3) is 0 Å². The summed E-state index contributed by atoms with van der Waals surface area (Å²) in [6, 6.07) is 3.69. The van der Waals surface area contributed by atoms with Crippen LogP contribution < -0.4 is 0 Å². The van der Waals surface area contributed by atoms with Gasteiger partial charge in [0, 0.05) is 12.4 Å². The van der Waals surface area contributed by atoms with Crippen LogP contribution in [0.1, 0.15) is 0 Å². The average Bonchev–Trinajstić information content (AvgIpc) is 2.19. The Morgan fingerprint density at radius 2 is 1.71 bits per heavy atom. The van der Waals surface area contributed by atoms with Gasteiger partial charge in [-0.3, -0.25) is 9.97 Å². The summed E-state index contributed by atoms with van der Waals surface area (Å²) in [4.78, 5) is 7.58. The lowest BCUT2D eigenvalue weighted by atomic mass is 10.1. The van der Waals surface area contributed by atoms with Gasteiger partial charge >= 0.3 is 0 Å². The lowest BCUT2D eigenvalue weighted by Crippen LogP contribution is -1.92. The van der Waals surface area contributed by atoms with E-state index in [-0.39, 0.29) is 11.3 Å². The quantitative estimate of drug-likeness (QED) is 0.693. The van der Waals surface area contributed by atoms with Crippen molar-refractivity contribution >= 4 is 0 Å². The monoisotopic (exact) mass is 192 g/mol. The molecular formula is C10H6F2N2. The van der Waals surface area contributed by atoms with Gasteiger partial charge < -0.3 is 0 Å². The molecule has 2 nitrogen and oxygen atoms in total. The lowest BCUT2D eigenvalue weighted by Gasteiger charge is -2.02. The van der Waals surface area contributed by atoms with Crippen LogP contribution >= 0.6 is 0 Å². The van der Waals surface area contributed by atoms with Crippen LogP contribution in [0.15, 0.2) is 36.8 Å². The molecule has 0 N–H and O–H groups in total. The van der Waals surface area contributed by atoms with E-state index in [0.29, 0.717) is 0 Å². The van der Waals surface area contributed by atoms with Gasteiger partial charge in [0.15, 0.2) is 0 Å². The van der Waals surface area contributed by atoms with Crippen LogP contribution in [-0.4, -0.2) is 9.97 Å². The number of halogens is 2. The number of nitrogens with zero attached hydrogens (tertiary/aromatic N) is 2. The van der Waals surface area contributed by atoms with E-state index in [1.165, 1.54) is 36.8 Å². The maximum Gasteiger partial charge on any atom is 0.135 e. The fraction of sp³-hybridized carbons (Fsp3) is 0. The number of rotatable bonds is 1. The van der Waals surface area contributed by atoms with Gasteiger partial charge in [0.1, 0.15) is 11.6 Å². The highest BCUT2D eigenvalue weighted by atomic mass is 19.1. The second kappa shape index (κ2) is 3.49. The second-order valence-corrected chi connectivity index (χ2v) is 2.69. The molecule has 0 unspecified atom stereocenters. The van der Waals surface area contributed by atoms with Crippen molar-refractivity contribution in [3.05, 3.63) is 48.4 Å². The SMILES string of the molecule is Fc1cccc(F)c1-c1cnccn1. The molecule has 2 aromatic rings. The zero-order chi connectivity index (χ0) is 9.97. The fourth-order valence-corrected chi connectivity index (χ4v) is 1.17. The molecule has 0 aliphatic rings. The van der Waals surface area contributed by atoms with Crippen LogP contribution in [0, 0.1) is 11.6 Å². The van der Waals surface area contributed by atoms with Crippen LogP contribution in [-0.2, 0) is 0 Å². The number of hydrogen-bond acceptors (Lipinski definition) is 2. The summed E-state index contributed by atoms with van der Waals surface area (Å²) in [5, 5.41) is 0. The third kappa shape index (κ3) is 1.46. The zero-order valence-corrected chi connectivity index (χ0v) is 7.11. The van der Waals surface area contributed by atoms with Gasteiger partial charge in [-0.2, -0.15) is 0 Å². The standard InChI is InChI=1S/C10H6F2N2/c11-7-2-1-3-8(12)10(7)9-6-13-4-5-14-9/h1-6H. The first-order valence-electron chi connectivity index (χ1n) is 3.99. The molecule has 0 atom stereocenters. The van der Waals surface area contributed by atoms with Crippen molar-refractivity contribution in [1.29, 1.82) is 0 Å². The molecule has 70 valence electrons. The molecule has 14 heavy (non-hydrogen) atoms. The van der Waals surface area contributed by atoms with Crippen molar-refractivity contribution in [3.63, 3.8) is 0 Å². The van der Waals surface area contributed by atoms with Crippen LogP contribution in [0.3, 0.4) is 0 Å². The number of benzene rings is 1. The Morgan fingerprint density at radius 1 is 1.00 bits per heavy atom. The van der Waals surface area contributed by atoms with Crippen LogP contribution in [0.4, 0.5) is 8.78 Å². The molecule has 0 spiro atoms. The largest absolute Gasteiger partial charge is 0.261 e. The zero-order valence-electron chi connectivity index (χ0n) is 7.11. The Morgan fingerprint density at radius 3 is 2.29 bits per heavy atom. The predicted molar refractivity (Wildman–Crippen MR) is 47.4 cm³/mol. The maximum absolute atomic E-state index is 13.2. The molecule has 1 aromatic carbocycles. The van der Waals surface area contributed by atoms with E-state index in [1.807, 2.05) is 0 Å². The van der Waals surface area contributed by atoms with Crippen LogP contribution in [0.25, 0.3) is 11.3 Å². The third-order valence-corrected chi connectivity index (χ3v) is 1.78. The molecule has 0 aliphatic heterocycles. The van der Waals surface area contributed by atoms with E-state index >= 15 is 0 Å². The highest BCUT2D eigenvalue weighted by Crippen LogP contribution is 2.22. The van der Waals surface area contributed by atoms with Crippen LogP contribution in [0.5, 0.6) is 0 Å². The molecule has 0 aliphatic carbocycles. The van der Waals surface area contributed by atoms with Crippen LogP contribution in [0.2, 0.25) is 0 Å². The Hall–Kier alpha value is -1.84. The van der Waals surface area contributed by atoms with Crippen molar-refractivity contribution in [3.8, 4) is 11.3 Å². The summed E-state index contributed by atoms with van der Waals surface area (Å²) in [5.74, 6) is -1.27. The lowest BCUT2D eigenvalue weighted by molar-refractivity contribution is 0.588. The molecule has 0 saturated heterocycles. The molecule has 0 amide bonds. The van der Waals surface area contributed by atoms with Crippen molar-refractivity contribution in [2.75, 3.05) is 0 Å². The van der Waals surface area contributed by atoms with Gasteiger partial charge in [0.05, 0.1) is 17.5 Å². The van der Waals surface area contributed by atoms with E-state index in [0.717, 1.165) is 0 Å².